The second-order valence-corrected chi connectivity index (χ2v) is 5.09. The molecule has 0 atom stereocenters. The predicted octanol–water partition coefficient (Wildman–Crippen LogP) is 4.03. The summed E-state index contributed by atoms with van der Waals surface area (Å²) < 4.78 is 13.7. The molecule has 2 aromatic rings. The molecule has 0 aliphatic carbocycles. The average Bonchev–Trinajstić information content (AvgIpc) is 2.44. The van der Waals surface area contributed by atoms with Gasteiger partial charge in [-0.2, -0.15) is 0 Å². The van der Waals surface area contributed by atoms with Gasteiger partial charge >= 0.3 is 0 Å². The fourth-order valence-corrected chi connectivity index (χ4v) is 2.08. The van der Waals surface area contributed by atoms with E-state index in [1.165, 1.54) is 24.3 Å². The number of benzene rings is 2. The van der Waals surface area contributed by atoms with Crippen LogP contribution in [0, 0.1) is 5.82 Å². The number of hydrogen-bond acceptors (Lipinski definition) is 1. The zero-order chi connectivity index (χ0) is 14.4. The van der Waals surface area contributed by atoms with Crippen molar-refractivity contribution in [1.82, 2.24) is 5.32 Å². The molecule has 0 saturated heterocycles. The van der Waals surface area contributed by atoms with Gasteiger partial charge in [-0.15, -0.1) is 0 Å². The zero-order valence-corrected chi connectivity index (χ0v) is 12.2. The van der Waals surface area contributed by atoms with E-state index in [9.17, 15) is 9.18 Å². The average molecular weight is 334 g/mol. The first-order valence-corrected chi connectivity index (χ1v) is 6.90. The summed E-state index contributed by atoms with van der Waals surface area (Å²) in [4.78, 5) is 11.7. The number of rotatable bonds is 4. The van der Waals surface area contributed by atoms with Gasteiger partial charge in [0.05, 0.1) is 0 Å². The highest BCUT2D eigenvalue weighted by atomic mass is 79.9. The van der Waals surface area contributed by atoms with Crippen molar-refractivity contribution >= 4 is 27.9 Å². The van der Waals surface area contributed by atoms with E-state index in [1.807, 2.05) is 36.4 Å². The Morgan fingerprint density at radius 1 is 1.20 bits per heavy atom. The molecule has 0 unspecified atom stereocenters. The molecule has 2 rings (SSSR count). The third kappa shape index (κ3) is 4.31. The molecular formula is C16H13BrFNO. The van der Waals surface area contributed by atoms with Crippen LogP contribution in [0.3, 0.4) is 0 Å². The Morgan fingerprint density at radius 3 is 2.65 bits per heavy atom. The van der Waals surface area contributed by atoms with E-state index in [0.29, 0.717) is 12.1 Å². The maximum Gasteiger partial charge on any atom is 0.251 e. The number of hydrogen-bond donors (Lipinski definition) is 1. The molecule has 0 saturated carbocycles. The Labute approximate surface area is 125 Å². The summed E-state index contributed by atoms with van der Waals surface area (Å²) in [6, 6.07) is 13.3. The van der Waals surface area contributed by atoms with E-state index >= 15 is 0 Å². The van der Waals surface area contributed by atoms with E-state index in [2.05, 4.69) is 21.2 Å². The van der Waals surface area contributed by atoms with Gasteiger partial charge in [-0.25, -0.2) is 4.39 Å². The first kappa shape index (κ1) is 14.5. The highest BCUT2D eigenvalue weighted by Gasteiger charge is 2.03. The van der Waals surface area contributed by atoms with Gasteiger partial charge in [-0.1, -0.05) is 40.2 Å². The van der Waals surface area contributed by atoms with Gasteiger partial charge in [0.1, 0.15) is 5.82 Å². The van der Waals surface area contributed by atoms with Gasteiger partial charge in [0, 0.05) is 16.6 Å². The predicted molar refractivity (Wildman–Crippen MR) is 81.9 cm³/mol. The number of halogens is 2. The Kier molecular flexibility index (Phi) is 5.07. The zero-order valence-electron chi connectivity index (χ0n) is 10.6. The summed E-state index contributed by atoms with van der Waals surface area (Å²) >= 11 is 3.40. The minimum absolute atomic E-state index is 0.219. The minimum atomic E-state index is -0.351. The van der Waals surface area contributed by atoms with E-state index in [0.717, 1.165) is 10.0 Å². The fraction of sp³-hybridized carbons (Fsp3) is 0.0625. The van der Waals surface area contributed by atoms with Crippen LogP contribution in [0.2, 0.25) is 0 Å². The first-order valence-electron chi connectivity index (χ1n) is 6.11. The van der Waals surface area contributed by atoms with Crippen molar-refractivity contribution in [2.75, 3.05) is 6.54 Å². The highest BCUT2D eigenvalue weighted by Crippen LogP contribution is 2.12. The second-order valence-electron chi connectivity index (χ2n) is 4.17. The topological polar surface area (TPSA) is 29.1 Å². The minimum Gasteiger partial charge on any atom is -0.349 e. The molecule has 0 heterocycles. The lowest BCUT2D eigenvalue weighted by atomic mass is 10.2. The van der Waals surface area contributed by atoms with E-state index in [-0.39, 0.29) is 11.7 Å². The summed E-state index contributed by atoms with van der Waals surface area (Å²) in [5, 5.41) is 2.74. The Morgan fingerprint density at radius 2 is 1.95 bits per heavy atom. The van der Waals surface area contributed by atoms with Gasteiger partial charge in [-0.05, 0) is 42.0 Å². The fourth-order valence-electron chi connectivity index (χ4n) is 1.66. The summed E-state index contributed by atoms with van der Waals surface area (Å²) in [5.74, 6) is -0.569. The Hall–Kier alpha value is -1.94. The van der Waals surface area contributed by atoms with Crippen molar-refractivity contribution < 1.29 is 9.18 Å². The van der Waals surface area contributed by atoms with E-state index in [4.69, 9.17) is 0 Å². The van der Waals surface area contributed by atoms with E-state index in [1.54, 1.807) is 0 Å². The smallest absolute Gasteiger partial charge is 0.251 e. The van der Waals surface area contributed by atoms with Crippen LogP contribution in [0.15, 0.2) is 59.1 Å². The van der Waals surface area contributed by atoms with Crippen LogP contribution in [-0.2, 0) is 0 Å². The maximum atomic E-state index is 12.7. The molecule has 2 aromatic carbocycles. The molecule has 4 heteroatoms. The summed E-state index contributed by atoms with van der Waals surface area (Å²) in [6.07, 6.45) is 3.79. The van der Waals surface area contributed by atoms with Gasteiger partial charge in [0.15, 0.2) is 0 Å². The number of carbonyl (C=O) groups is 1. The number of nitrogens with one attached hydrogen (secondary N) is 1. The van der Waals surface area contributed by atoms with Crippen molar-refractivity contribution in [3.8, 4) is 0 Å². The molecule has 1 amide bonds. The third-order valence-corrected chi connectivity index (χ3v) is 3.14. The SMILES string of the molecule is O=C(NC/C=C/c1cccc(Br)c1)c1ccc(F)cc1. The molecule has 20 heavy (non-hydrogen) atoms. The van der Waals surface area contributed by atoms with Crippen molar-refractivity contribution in [2.45, 2.75) is 0 Å². The molecule has 0 aromatic heterocycles. The van der Waals surface area contributed by atoms with E-state index < -0.39 is 0 Å². The summed E-state index contributed by atoms with van der Waals surface area (Å²) in [6.45, 7) is 0.419. The number of carbonyl (C=O) groups excluding carboxylic acids is 1. The largest absolute Gasteiger partial charge is 0.349 e. The number of amides is 1. The van der Waals surface area contributed by atoms with Crippen LogP contribution in [0.1, 0.15) is 15.9 Å². The molecule has 0 fully saturated rings. The van der Waals surface area contributed by atoms with Crippen LogP contribution in [0.4, 0.5) is 4.39 Å². The molecule has 0 aliphatic rings. The lowest BCUT2D eigenvalue weighted by Crippen LogP contribution is -2.23. The van der Waals surface area contributed by atoms with Crippen molar-refractivity contribution in [1.29, 1.82) is 0 Å². The molecule has 2 nitrogen and oxygen atoms in total. The molecule has 0 aliphatic heterocycles. The Bertz CT molecular complexity index is 623. The maximum absolute atomic E-state index is 12.7. The lowest BCUT2D eigenvalue weighted by Gasteiger charge is -2.02. The molecule has 0 spiro atoms. The quantitative estimate of drug-likeness (QED) is 0.899. The molecule has 0 bridgehead atoms. The highest BCUT2D eigenvalue weighted by molar-refractivity contribution is 9.10. The van der Waals surface area contributed by atoms with Crippen LogP contribution in [-0.4, -0.2) is 12.5 Å². The second kappa shape index (κ2) is 7.01. The first-order chi connectivity index (χ1) is 9.65. The van der Waals surface area contributed by atoms with Gasteiger partial charge < -0.3 is 5.32 Å². The standard InChI is InChI=1S/C16H13BrFNO/c17-14-5-1-3-12(11-14)4-2-10-19-16(20)13-6-8-15(18)9-7-13/h1-9,11H,10H2,(H,19,20)/b4-2+. The van der Waals surface area contributed by atoms with Crippen LogP contribution < -0.4 is 5.32 Å². The lowest BCUT2D eigenvalue weighted by molar-refractivity contribution is 0.0958. The van der Waals surface area contributed by atoms with Crippen LogP contribution >= 0.6 is 15.9 Å². The third-order valence-electron chi connectivity index (χ3n) is 2.65. The summed E-state index contributed by atoms with van der Waals surface area (Å²) in [7, 11) is 0. The molecule has 1 N–H and O–H groups in total. The molecular weight excluding hydrogens is 321 g/mol. The van der Waals surface area contributed by atoms with Crippen molar-refractivity contribution in [3.05, 3.63) is 76.0 Å². The Balaban J connectivity index is 1.86. The van der Waals surface area contributed by atoms with Gasteiger partial charge in [0.25, 0.3) is 5.91 Å². The monoisotopic (exact) mass is 333 g/mol. The summed E-state index contributed by atoms with van der Waals surface area (Å²) in [5.41, 5.74) is 1.50. The van der Waals surface area contributed by atoms with Gasteiger partial charge in [-0.3, -0.25) is 4.79 Å². The van der Waals surface area contributed by atoms with Crippen molar-refractivity contribution in [2.24, 2.45) is 0 Å². The van der Waals surface area contributed by atoms with Crippen molar-refractivity contribution in [3.63, 3.8) is 0 Å². The molecule has 102 valence electrons. The van der Waals surface area contributed by atoms with Crippen LogP contribution in [0.5, 0.6) is 0 Å². The molecule has 0 radical (unpaired) electrons. The van der Waals surface area contributed by atoms with Gasteiger partial charge in [0.2, 0.25) is 0 Å². The van der Waals surface area contributed by atoms with Crippen LogP contribution in [0.25, 0.3) is 6.08 Å². The normalized spacial score (nSPS) is 10.7.